The predicted molar refractivity (Wildman–Crippen MR) is 65.6 cm³/mol. The van der Waals surface area contributed by atoms with Crippen LogP contribution < -0.4 is 5.32 Å². The predicted octanol–water partition coefficient (Wildman–Crippen LogP) is 1.06. The number of nitrogens with one attached hydrogen (secondary N) is 1. The molecule has 88 valence electrons. The van der Waals surface area contributed by atoms with E-state index in [2.05, 4.69) is 12.2 Å². The van der Waals surface area contributed by atoms with Crippen LogP contribution in [0.15, 0.2) is 0 Å². The lowest BCUT2D eigenvalue weighted by Crippen LogP contribution is -2.41. The van der Waals surface area contributed by atoms with Crippen molar-refractivity contribution in [3.05, 3.63) is 0 Å². The van der Waals surface area contributed by atoms with Crippen molar-refractivity contribution in [3.63, 3.8) is 0 Å². The maximum Gasteiger partial charge on any atom is 0.327 e. The molecule has 0 saturated heterocycles. The van der Waals surface area contributed by atoms with Gasteiger partial charge in [-0.1, -0.05) is 6.92 Å². The molecule has 0 saturated carbocycles. The van der Waals surface area contributed by atoms with Crippen LogP contribution >= 0.6 is 23.5 Å². The zero-order valence-electron chi connectivity index (χ0n) is 8.99. The van der Waals surface area contributed by atoms with Gasteiger partial charge in [0.1, 0.15) is 6.04 Å². The smallest absolute Gasteiger partial charge is 0.327 e. The van der Waals surface area contributed by atoms with Gasteiger partial charge in [-0.05, 0) is 5.75 Å². The standard InChI is InChI=1S/C9H17NO3S2/c1-3-14-4-5-15-6-8(9(12)13)10-7(2)11/h8H,3-6H2,1-2H3,(H,10,11)(H,12,13)/t8-/m0/s1. The molecule has 0 aliphatic carbocycles. The summed E-state index contributed by atoms with van der Waals surface area (Å²) in [5.74, 6) is 2.18. The van der Waals surface area contributed by atoms with E-state index in [1.807, 2.05) is 11.8 Å². The Labute approximate surface area is 98.6 Å². The molecule has 0 fully saturated rings. The molecule has 0 unspecified atom stereocenters. The minimum atomic E-state index is -0.971. The molecule has 0 aliphatic rings. The molecule has 0 aromatic carbocycles. The minimum Gasteiger partial charge on any atom is -0.480 e. The Morgan fingerprint density at radius 3 is 2.40 bits per heavy atom. The molecular formula is C9H17NO3S2. The second kappa shape index (κ2) is 8.91. The third-order valence-corrected chi connectivity index (χ3v) is 3.76. The van der Waals surface area contributed by atoms with E-state index in [-0.39, 0.29) is 5.91 Å². The van der Waals surface area contributed by atoms with Crippen LogP contribution in [-0.4, -0.2) is 46.0 Å². The molecule has 0 spiro atoms. The average molecular weight is 251 g/mol. The van der Waals surface area contributed by atoms with Gasteiger partial charge >= 0.3 is 5.97 Å². The summed E-state index contributed by atoms with van der Waals surface area (Å²) in [7, 11) is 0. The van der Waals surface area contributed by atoms with Crippen molar-refractivity contribution in [2.45, 2.75) is 19.9 Å². The molecule has 0 aromatic rings. The van der Waals surface area contributed by atoms with Crippen molar-refractivity contribution >= 4 is 35.4 Å². The highest BCUT2D eigenvalue weighted by Gasteiger charge is 2.17. The number of hydrogen-bond acceptors (Lipinski definition) is 4. The Kier molecular flexibility index (Phi) is 8.70. The number of carboxylic acid groups (broad SMARTS) is 1. The highest BCUT2D eigenvalue weighted by Crippen LogP contribution is 2.08. The summed E-state index contributed by atoms with van der Waals surface area (Å²) in [6.45, 7) is 3.42. The number of aliphatic carboxylic acids is 1. The zero-order valence-corrected chi connectivity index (χ0v) is 10.6. The molecule has 15 heavy (non-hydrogen) atoms. The Hall–Kier alpha value is -0.360. The Morgan fingerprint density at radius 2 is 1.93 bits per heavy atom. The fourth-order valence-corrected chi connectivity index (χ4v) is 2.74. The summed E-state index contributed by atoms with van der Waals surface area (Å²) in [5.41, 5.74) is 0. The maximum atomic E-state index is 10.7. The summed E-state index contributed by atoms with van der Waals surface area (Å²) in [6, 6.07) is -0.765. The number of amides is 1. The second-order valence-electron chi connectivity index (χ2n) is 2.86. The van der Waals surface area contributed by atoms with Crippen molar-refractivity contribution in [1.29, 1.82) is 0 Å². The summed E-state index contributed by atoms with van der Waals surface area (Å²) < 4.78 is 0. The number of thioether (sulfide) groups is 2. The number of carbonyl (C=O) groups excluding carboxylic acids is 1. The quantitative estimate of drug-likeness (QED) is 0.632. The molecule has 0 radical (unpaired) electrons. The van der Waals surface area contributed by atoms with Gasteiger partial charge in [0.2, 0.25) is 5.91 Å². The van der Waals surface area contributed by atoms with Crippen LogP contribution in [0.2, 0.25) is 0 Å². The van der Waals surface area contributed by atoms with Gasteiger partial charge in [-0.15, -0.1) is 0 Å². The van der Waals surface area contributed by atoms with Gasteiger partial charge in [-0.2, -0.15) is 23.5 Å². The van der Waals surface area contributed by atoms with Gasteiger partial charge in [0.05, 0.1) is 0 Å². The highest BCUT2D eigenvalue weighted by molar-refractivity contribution is 8.02. The van der Waals surface area contributed by atoms with E-state index < -0.39 is 12.0 Å². The van der Waals surface area contributed by atoms with Gasteiger partial charge in [-0.25, -0.2) is 4.79 Å². The molecule has 1 atom stereocenters. The molecule has 4 nitrogen and oxygen atoms in total. The number of carbonyl (C=O) groups is 2. The SMILES string of the molecule is CCSCCSC[C@H](NC(C)=O)C(=O)O. The normalized spacial score (nSPS) is 12.1. The fourth-order valence-electron chi connectivity index (χ4n) is 0.883. The number of carboxylic acids is 1. The van der Waals surface area contributed by atoms with E-state index in [4.69, 9.17) is 5.11 Å². The summed E-state index contributed by atoms with van der Waals surface area (Å²) in [5, 5.41) is 11.2. The first kappa shape index (κ1) is 14.6. The first-order chi connectivity index (χ1) is 7.07. The molecule has 6 heteroatoms. The van der Waals surface area contributed by atoms with Crippen molar-refractivity contribution in [3.8, 4) is 0 Å². The van der Waals surface area contributed by atoms with E-state index in [1.165, 1.54) is 6.92 Å². The Balaban J connectivity index is 3.67. The molecule has 0 aromatic heterocycles. The van der Waals surface area contributed by atoms with Crippen LogP contribution in [0.4, 0.5) is 0 Å². The molecule has 0 bridgehead atoms. The van der Waals surface area contributed by atoms with Crippen LogP contribution in [-0.2, 0) is 9.59 Å². The van der Waals surface area contributed by atoms with Gasteiger partial charge in [0.25, 0.3) is 0 Å². The monoisotopic (exact) mass is 251 g/mol. The number of hydrogen-bond donors (Lipinski definition) is 2. The highest BCUT2D eigenvalue weighted by atomic mass is 32.2. The van der Waals surface area contributed by atoms with Gasteiger partial charge in [0.15, 0.2) is 0 Å². The molecule has 0 aliphatic heterocycles. The van der Waals surface area contributed by atoms with Crippen LogP contribution in [0.5, 0.6) is 0 Å². The maximum absolute atomic E-state index is 10.7. The topological polar surface area (TPSA) is 66.4 Å². The average Bonchev–Trinajstić information content (AvgIpc) is 2.15. The van der Waals surface area contributed by atoms with Crippen molar-refractivity contribution in [1.82, 2.24) is 5.32 Å². The zero-order chi connectivity index (χ0) is 11.7. The third kappa shape index (κ3) is 8.62. The summed E-state index contributed by atoms with van der Waals surface area (Å²) >= 11 is 3.38. The molecular weight excluding hydrogens is 234 g/mol. The minimum absolute atomic E-state index is 0.300. The lowest BCUT2D eigenvalue weighted by Gasteiger charge is -2.12. The fraction of sp³-hybridized carbons (Fsp3) is 0.778. The van der Waals surface area contributed by atoms with Crippen LogP contribution in [0.1, 0.15) is 13.8 Å². The summed E-state index contributed by atoms with van der Waals surface area (Å²) in [6.07, 6.45) is 0. The summed E-state index contributed by atoms with van der Waals surface area (Å²) in [4.78, 5) is 21.4. The van der Waals surface area contributed by atoms with Crippen LogP contribution in [0.25, 0.3) is 0 Å². The van der Waals surface area contributed by atoms with E-state index in [9.17, 15) is 9.59 Å². The Morgan fingerprint density at radius 1 is 1.33 bits per heavy atom. The van der Waals surface area contributed by atoms with E-state index >= 15 is 0 Å². The van der Waals surface area contributed by atoms with E-state index in [1.54, 1.807) is 11.8 Å². The van der Waals surface area contributed by atoms with Crippen molar-refractivity contribution in [2.24, 2.45) is 0 Å². The van der Waals surface area contributed by atoms with Crippen molar-refractivity contribution in [2.75, 3.05) is 23.0 Å². The van der Waals surface area contributed by atoms with Gasteiger partial charge in [-0.3, -0.25) is 4.79 Å². The third-order valence-electron chi connectivity index (χ3n) is 1.54. The molecule has 1 amide bonds. The largest absolute Gasteiger partial charge is 0.480 e. The van der Waals surface area contributed by atoms with Crippen LogP contribution in [0.3, 0.4) is 0 Å². The first-order valence-corrected chi connectivity index (χ1v) is 7.04. The van der Waals surface area contributed by atoms with E-state index in [0.717, 1.165) is 17.3 Å². The molecule has 0 rings (SSSR count). The molecule has 2 N–H and O–H groups in total. The molecule has 0 heterocycles. The van der Waals surface area contributed by atoms with Crippen molar-refractivity contribution < 1.29 is 14.7 Å². The van der Waals surface area contributed by atoms with Gasteiger partial charge in [0, 0.05) is 24.2 Å². The second-order valence-corrected chi connectivity index (χ2v) is 5.41. The first-order valence-electron chi connectivity index (χ1n) is 4.73. The Bertz CT molecular complexity index is 212. The van der Waals surface area contributed by atoms with Gasteiger partial charge < -0.3 is 10.4 Å². The van der Waals surface area contributed by atoms with Crippen LogP contribution in [0, 0.1) is 0 Å². The lowest BCUT2D eigenvalue weighted by atomic mass is 10.3. The lowest BCUT2D eigenvalue weighted by molar-refractivity contribution is -0.140. The van der Waals surface area contributed by atoms with E-state index in [0.29, 0.717) is 5.75 Å². The number of rotatable bonds is 8.